The smallest absolute Gasteiger partial charge is 0.338 e. The molecule has 0 aliphatic rings. The summed E-state index contributed by atoms with van der Waals surface area (Å²) < 4.78 is 30.8. The summed E-state index contributed by atoms with van der Waals surface area (Å²) in [5.41, 5.74) is 1.46. The summed E-state index contributed by atoms with van der Waals surface area (Å²) in [6.45, 7) is 7.21. The van der Waals surface area contributed by atoms with Crippen molar-refractivity contribution in [3.8, 4) is 0 Å². The zero-order chi connectivity index (χ0) is 16.0. The predicted octanol–water partition coefficient (Wildman–Crippen LogP) is 2.12. The summed E-state index contributed by atoms with van der Waals surface area (Å²) in [4.78, 5) is 11.7. The highest BCUT2D eigenvalue weighted by Crippen LogP contribution is 2.08. The van der Waals surface area contributed by atoms with Crippen LogP contribution in [-0.2, 0) is 21.2 Å². The first-order valence-corrected chi connectivity index (χ1v) is 8.55. The summed E-state index contributed by atoms with van der Waals surface area (Å²) in [5, 5.41) is -0.439. The van der Waals surface area contributed by atoms with Crippen molar-refractivity contribution in [1.82, 2.24) is 4.72 Å². The Bertz CT molecular complexity index is 562. The molecule has 0 atom stereocenters. The van der Waals surface area contributed by atoms with Crippen molar-refractivity contribution in [1.29, 1.82) is 0 Å². The topological polar surface area (TPSA) is 72.5 Å². The van der Waals surface area contributed by atoms with E-state index in [-0.39, 0.29) is 12.1 Å². The predicted molar refractivity (Wildman–Crippen MR) is 82.8 cm³/mol. The second-order valence-electron chi connectivity index (χ2n) is 5.39. The van der Waals surface area contributed by atoms with Crippen LogP contribution in [0.4, 0.5) is 0 Å². The zero-order valence-corrected chi connectivity index (χ0v) is 13.7. The number of carbonyl (C=O) groups is 1. The first-order chi connectivity index (χ1) is 9.72. The molecule has 0 saturated carbocycles. The molecule has 118 valence electrons. The van der Waals surface area contributed by atoms with Crippen LogP contribution in [0.2, 0.25) is 0 Å². The summed E-state index contributed by atoms with van der Waals surface area (Å²) in [7, 11) is -3.23. The fourth-order valence-electron chi connectivity index (χ4n) is 1.59. The summed E-state index contributed by atoms with van der Waals surface area (Å²) in [6, 6.07) is 7.00. The lowest BCUT2D eigenvalue weighted by molar-refractivity contribution is 0.0378. The fourth-order valence-corrected chi connectivity index (χ4v) is 2.31. The Balaban J connectivity index is 2.54. The minimum atomic E-state index is -3.23. The first-order valence-electron chi connectivity index (χ1n) is 7.00. The van der Waals surface area contributed by atoms with Crippen molar-refractivity contribution in [2.45, 2.75) is 45.5 Å². The number of sulfonamides is 1. The molecule has 0 unspecified atom stereocenters. The number of rotatable bonds is 7. The van der Waals surface area contributed by atoms with Crippen LogP contribution >= 0.6 is 0 Å². The average Bonchev–Trinajstić information content (AvgIpc) is 2.38. The minimum absolute atomic E-state index is 0.150. The molecule has 1 aromatic rings. The lowest BCUT2D eigenvalue weighted by Gasteiger charge is -2.10. The minimum Gasteiger partial charge on any atom is -0.459 e. The van der Waals surface area contributed by atoms with E-state index in [9.17, 15) is 13.2 Å². The van der Waals surface area contributed by atoms with Crippen LogP contribution in [0.1, 0.15) is 43.6 Å². The molecule has 0 radical (unpaired) electrons. The first kappa shape index (κ1) is 17.7. The molecule has 0 saturated heterocycles. The van der Waals surface area contributed by atoms with Gasteiger partial charge in [0, 0.05) is 6.54 Å². The van der Waals surface area contributed by atoms with E-state index in [4.69, 9.17) is 4.74 Å². The number of nitrogens with one attached hydrogen (secondary N) is 1. The number of carbonyl (C=O) groups excluding carboxylic acids is 1. The van der Waals surface area contributed by atoms with Gasteiger partial charge in [0.1, 0.15) is 0 Å². The van der Waals surface area contributed by atoms with Crippen LogP contribution in [0.5, 0.6) is 0 Å². The van der Waals surface area contributed by atoms with Crippen molar-refractivity contribution in [2.75, 3.05) is 6.54 Å². The zero-order valence-electron chi connectivity index (χ0n) is 12.9. The van der Waals surface area contributed by atoms with E-state index in [0.29, 0.717) is 18.5 Å². The van der Waals surface area contributed by atoms with Gasteiger partial charge in [-0.05, 0) is 51.8 Å². The van der Waals surface area contributed by atoms with E-state index in [1.807, 2.05) is 0 Å². The third kappa shape index (κ3) is 5.85. The van der Waals surface area contributed by atoms with Gasteiger partial charge in [0.2, 0.25) is 10.0 Å². The SMILES string of the molecule is CC(C)OC(=O)c1ccc(CCNS(=O)(=O)C(C)C)cc1. The van der Waals surface area contributed by atoms with E-state index < -0.39 is 15.3 Å². The van der Waals surface area contributed by atoms with Crippen molar-refractivity contribution in [3.05, 3.63) is 35.4 Å². The summed E-state index contributed by atoms with van der Waals surface area (Å²) in [6.07, 6.45) is 0.425. The Morgan fingerprint density at radius 3 is 2.19 bits per heavy atom. The molecule has 0 bridgehead atoms. The second kappa shape index (κ2) is 7.56. The lowest BCUT2D eigenvalue weighted by Crippen LogP contribution is -2.32. The largest absolute Gasteiger partial charge is 0.459 e. The van der Waals surface area contributed by atoms with Crippen LogP contribution in [0.25, 0.3) is 0 Å². The molecule has 21 heavy (non-hydrogen) atoms. The molecular formula is C15H23NO4S. The number of esters is 1. The van der Waals surface area contributed by atoms with Crippen LogP contribution < -0.4 is 4.72 Å². The highest BCUT2D eigenvalue weighted by Gasteiger charge is 2.14. The molecule has 1 aromatic carbocycles. The molecule has 0 amide bonds. The van der Waals surface area contributed by atoms with Gasteiger partial charge in [-0.15, -0.1) is 0 Å². The molecule has 0 spiro atoms. The molecule has 5 nitrogen and oxygen atoms in total. The molecule has 0 aliphatic heterocycles. The fraction of sp³-hybridized carbons (Fsp3) is 0.533. The Labute approximate surface area is 126 Å². The van der Waals surface area contributed by atoms with Gasteiger partial charge >= 0.3 is 5.97 Å². The highest BCUT2D eigenvalue weighted by atomic mass is 32.2. The second-order valence-corrected chi connectivity index (χ2v) is 7.71. The van der Waals surface area contributed by atoms with Crippen LogP contribution in [0, 0.1) is 0 Å². The maximum absolute atomic E-state index is 11.7. The maximum Gasteiger partial charge on any atom is 0.338 e. The Morgan fingerprint density at radius 1 is 1.14 bits per heavy atom. The number of ether oxygens (including phenoxy) is 1. The molecule has 0 fully saturated rings. The van der Waals surface area contributed by atoms with Gasteiger partial charge in [-0.3, -0.25) is 0 Å². The van der Waals surface area contributed by atoms with Gasteiger partial charge in [-0.25, -0.2) is 17.9 Å². The molecular weight excluding hydrogens is 290 g/mol. The summed E-state index contributed by atoms with van der Waals surface area (Å²) >= 11 is 0. The highest BCUT2D eigenvalue weighted by molar-refractivity contribution is 7.90. The quantitative estimate of drug-likeness (QED) is 0.783. The van der Waals surface area contributed by atoms with Crippen LogP contribution in [0.15, 0.2) is 24.3 Å². The third-order valence-electron chi connectivity index (χ3n) is 2.87. The van der Waals surface area contributed by atoms with E-state index in [1.54, 1.807) is 52.0 Å². The van der Waals surface area contributed by atoms with E-state index >= 15 is 0 Å². The Hall–Kier alpha value is -1.40. The van der Waals surface area contributed by atoms with Gasteiger partial charge in [-0.1, -0.05) is 12.1 Å². The molecule has 0 heterocycles. The van der Waals surface area contributed by atoms with Gasteiger partial charge in [-0.2, -0.15) is 0 Å². The molecule has 6 heteroatoms. The van der Waals surface area contributed by atoms with Gasteiger partial charge in [0.15, 0.2) is 0 Å². The van der Waals surface area contributed by atoms with Gasteiger partial charge < -0.3 is 4.74 Å². The summed E-state index contributed by atoms with van der Waals surface area (Å²) in [5.74, 6) is -0.350. The lowest BCUT2D eigenvalue weighted by atomic mass is 10.1. The monoisotopic (exact) mass is 313 g/mol. The normalized spacial score (nSPS) is 11.9. The molecule has 1 rings (SSSR count). The standard InChI is InChI=1S/C15H23NO4S/c1-11(2)20-15(17)14-7-5-13(6-8-14)9-10-16-21(18,19)12(3)4/h5-8,11-12,16H,9-10H2,1-4H3. The van der Waals surface area contributed by atoms with Crippen molar-refractivity contribution < 1.29 is 17.9 Å². The van der Waals surface area contributed by atoms with Crippen molar-refractivity contribution in [2.24, 2.45) is 0 Å². The number of hydrogen-bond acceptors (Lipinski definition) is 4. The van der Waals surface area contributed by atoms with E-state index in [1.165, 1.54) is 0 Å². The molecule has 1 N–H and O–H groups in total. The van der Waals surface area contributed by atoms with Crippen LogP contribution in [-0.4, -0.2) is 32.3 Å². The Kier molecular flexibility index (Phi) is 6.36. The number of benzene rings is 1. The average molecular weight is 313 g/mol. The number of hydrogen-bond donors (Lipinski definition) is 1. The molecule has 0 aromatic heterocycles. The van der Waals surface area contributed by atoms with Gasteiger partial charge in [0.25, 0.3) is 0 Å². The Morgan fingerprint density at radius 2 is 1.71 bits per heavy atom. The van der Waals surface area contributed by atoms with Gasteiger partial charge in [0.05, 0.1) is 16.9 Å². The molecule has 0 aliphatic carbocycles. The van der Waals surface area contributed by atoms with Crippen molar-refractivity contribution in [3.63, 3.8) is 0 Å². The third-order valence-corrected chi connectivity index (χ3v) is 4.72. The van der Waals surface area contributed by atoms with E-state index in [0.717, 1.165) is 5.56 Å². The maximum atomic E-state index is 11.7. The van der Waals surface area contributed by atoms with E-state index in [2.05, 4.69) is 4.72 Å². The van der Waals surface area contributed by atoms with Crippen molar-refractivity contribution >= 4 is 16.0 Å². The van der Waals surface area contributed by atoms with Crippen LogP contribution in [0.3, 0.4) is 0 Å².